The lowest BCUT2D eigenvalue weighted by molar-refractivity contribution is 0.0528. The number of carbonyl (C=O) groups excluding carboxylic acids is 1. The molecule has 0 fully saturated rings. The molecule has 0 aliphatic rings. The summed E-state index contributed by atoms with van der Waals surface area (Å²) < 4.78 is 5.02. The van der Waals surface area contributed by atoms with Gasteiger partial charge in [-0.3, -0.25) is 4.98 Å². The van der Waals surface area contributed by atoms with E-state index in [9.17, 15) is 4.79 Å². The summed E-state index contributed by atoms with van der Waals surface area (Å²) in [5, 5.41) is 0.821. The summed E-state index contributed by atoms with van der Waals surface area (Å²) in [4.78, 5) is 19.1. The lowest BCUT2D eigenvalue weighted by Gasteiger charge is -2.01. The van der Waals surface area contributed by atoms with Crippen molar-refractivity contribution in [3.05, 3.63) is 29.2 Å². The summed E-state index contributed by atoms with van der Waals surface area (Å²) in [6, 6.07) is 1.92. The number of rotatable bonds is 2. The topological polar surface area (TPSA) is 55.0 Å². The van der Waals surface area contributed by atoms with Gasteiger partial charge in [0.15, 0.2) is 0 Å². The van der Waals surface area contributed by atoms with Crippen molar-refractivity contribution in [2.75, 3.05) is 6.61 Å². The van der Waals surface area contributed by atoms with E-state index in [4.69, 9.17) is 4.74 Å². The van der Waals surface area contributed by atoms with Gasteiger partial charge < -0.3 is 9.72 Å². The highest BCUT2D eigenvalue weighted by molar-refractivity contribution is 6.05. The van der Waals surface area contributed by atoms with Crippen LogP contribution in [0.4, 0.5) is 0 Å². The zero-order valence-corrected chi connectivity index (χ0v) is 9.63. The van der Waals surface area contributed by atoms with Gasteiger partial charge in [0.2, 0.25) is 0 Å². The molecular formula is C12H14N2O2. The molecule has 16 heavy (non-hydrogen) atoms. The first kappa shape index (κ1) is 10.7. The van der Waals surface area contributed by atoms with Crippen molar-refractivity contribution in [1.29, 1.82) is 0 Å². The molecule has 4 heteroatoms. The summed E-state index contributed by atoms with van der Waals surface area (Å²) in [5.41, 5.74) is 3.25. The Morgan fingerprint density at radius 2 is 2.25 bits per heavy atom. The highest BCUT2D eigenvalue weighted by Crippen LogP contribution is 2.22. The van der Waals surface area contributed by atoms with Crippen LogP contribution >= 0.6 is 0 Å². The maximum Gasteiger partial charge on any atom is 0.340 e. The third-order valence-corrected chi connectivity index (χ3v) is 2.49. The molecule has 2 rings (SSSR count). The number of hydrogen-bond donors (Lipinski definition) is 1. The predicted molar refractivity (Wildman–Crippen MR) is 61.5 cm³/mol. The molecule has 0 amide bonds. The fourth-order valence-corrected chi connectivity index (χ4v) is 1.80. The van der Waals surface area contributed by atoms with Gasteiger partial charge in [0.25, 0.3) is 0 Å². The van der Waals surface area contributed by atoms with Crippen LogP contribution in [0.25, 0.3) is 10.9 Å². The Kier molecular flexibility index (Phi) is 2.64. The summed E-state index contributed by atoms with van der Waals surface area (Å²) in [5.74, 6) is -0.295. The number of nitrogens with zero attached hydrogens (tertiary/aromatic N) is 1. The minimum absolute atomic E-state index is 0.295. The third kappa shape index (κ3) is 1.66. The number of ether oxygens (including phenoxy) is 1. The first-order chi connectivity index (χ1) is 7.63. The van der Waals surface area contributed by atoms with Crippen molar-refractivity contribution in [3.8, 4) is 0 Å². The Bertz CT molecular complexity index is 543. The SMILES string of the molecule is CCOC(=O)c1c(C)[nH]c2cc(C)ncc12. The molecule has 1 N–H and O–H groups in total. The molecule has 0 saturated carbocycles. The molecule has 2 aromatic rings. The molecule has 0 aliphatic heterocycles. The summed E-state index contributed by atoms with van der Waals surface area (Å²) >= 11 is 0. The second-order valence-electron chi connectivity index (χ2n) is 3.72. The van der Waals surface area contributed by atoms with Gasteiger partial charge in [-0.15, -0.1) is 0 Å². The zero-order valence-electron chi connectivity index (χ0n) is 9.63. The number of aryl methyl sites for hydroxylation is 2. The molecule has 0 atom stereocenters. The van der Waals surface area contributed by atoms with Gasteiger partial charge >= 0.3 is 5.97 Å². The van der Waals surface area contributed by atoms with E-state index < -0.39 is 0 Å². The van der Waals surface area contributed by atoms with Gasteiger partial charge in [-0.25, -0.2) is 4.79 Å². The monoisotopic (exact) mass is 218 g/mol. The number of nitrogens with one attached hydrogen (secondary N) is 1. The van der Waals surface area contributed by atoms with E-state index in [1.165, 1.54) is 0 Å². The second kappa shape index (κ2) is 3.96. The number of carbonyl (C=O) groups is 1. The quantitative estimate of drug-likeness (QED) is 0.787. The molecule has 0 spiro atoms. The molecule has 0 aromatic carbocycles. The maximum atomic E-state index is 11.8. The molecule has 0 saturated heterocycles. The molecule has 0 bridgehead atoms. The predicted octanol–water partition coefficient (Wildman–Crippen LogP) is 2.36. The van der Waals surface area contributed by atoms with E-state index in [1.54, 1.807) is 13.1 Å². The third-order valence-electron chi connectivity index (χ3n) is 2.49. The van der Waals surface area contributed by atoms with Crippen LogP contribution in [0.1, 0.15) is 28.7 Å². The van der Waals surface area contributed by atoms with Crippen LogP contribution in [-0.2, 0) is 4.74 Å². The van der Waals surface area contributed by atoms with Crippen LogP contribution in [0.3, 0.4) is 0 Å². The lowest BCUT2D eigenvalue weighted by Crippen LogP contribution is -2.05. The van der Waals surface area contributed by atoms with Crippen LogP contribution in [0, 0.1) is 13.8 Å². The van der Waals surface area contributed by atoms with E-state index in [2.05, 4.69) is 9.97 Å². The van der Waals surface area contributed by atoms with Gasteiger partial charge in [-0.05, 0) is 26.8 Å². The van der Waals surface area contributed by atoms with E-state index in [0.29, 0.717) is 12.2 Å². The molecule has 84 valence electrons. The fraction of sp³-hybridized carbons (Fsp3) is 0.333. The Labute approximate surface area is 93.6 Å². The van der Waals surface area contributed by atoms with Gasteiger partial charge in [0.1, 0.15) is 0 Å². The molecule has 0 aliphatic carbocycles. The highest BCUT2D eigenvalue weighted by Gasteiger charge is 2.17. The summed E-state index contributed by atoms with van der Waals surface area (Å²) in [7, 11) is 0. The average Bonchev–Trinajstić information content (AvgIpc) is 2.53. The normalized spacial score (nSPS) is 10.7. The largest absolute Gasteiger partial charge is 0.462 e. The van der Waals surface area contributed by atoms with Gasteiger partial charge in [-0.2, -0.15) is 0 Å². The summed E-state index contributed by atoms with van der Waals surface area (Å²) in [6.45, 7) is 5.95. The van der Waals surface area contributed by atoms with E-state index in [-0.39, 0.29) is 5.97 Å². The van der Waals surface area contributed by atoms with Gasteiger partial charge in [-0.1, -0.05) is 0 Å². The molecule has 0 radical (unpaired) electrons. The number of pyridine rings is 1. The van der Waals surface area contributed by atoms with Crippen molar-refractivity contribution >= 4 is 16.9 Å². The smallest absolute Gasteiger partial charge is 0.340 e. The van der Waals surface area contributed by atoms with Crippen LogP contribution < -0.4 is 0 Å². The number of hydrogen-bond acceptors (Lipinski definition) is 3. The van der Waals surface area contributed by atoms with Crippen molar-refractivity contribution in [2.24, 2.45) is 0 Å². The number of aromatic nitrogens is 2. The minimum Gasteiger partial charge on any atom is -0.462 e. The minimum atomic E-state index is -0.295. The first-order valence-electron chi connectivity index (χ1n) is 5.25. The maximum absolute atomic E-state index is 11.8. The van der Waals surface area contributed by atoms with Crippen molar-refractivity contribution in [1.82, 2.24) is 9.97 Å². The molecule has 4 nitrogen and oxygen atoms in total. The molecule has 2 aromatic heterocycles. The Morgan fingerprint density at radius 3 is 2.94 bits per heavy atom. The second-order valence-corrected chi connectivity index (χ2v) is 3.72. The fourth-order valence-electron chi connectivity index (χ4n) is 1.80. The van der Waals surface area contributed by atoms with Crippen LogP contribution in [0.2, 0.25) is 0 Å². The van der Waals surface area contributed by atoms with Gasteiger partial charge in [0, 0.05) is 28.5 Å². The number of aromatic amines is 1. The number of esters is 1. The Balaban J connectivity index is 2.60. The number of H-pyrrole nitrogens is 1. The number of fused-ring (bicyclic) bond motifs is 1. The molecular weight excluding hydrogens is 204 g/mol. The first-order valence-corrected chi connectivity index (χ1v) is 5.25. The average molecular weight is 218 g/mol. The summed E-state index contributed by atoms with van der Waals surface area (Å²) in [6.07, 6.45) is 1.71. The van der Waals surface area contributed by atoms with E-state index >= 15 is 0 Å². The van der Waals surface area contributed by atoms with Crippen LogP contribution in [0.5, 0.6) is 0 Å². The van der Waals surface area contributed by atoms with Gasteiger partial charge in [0.05, 0.1) is 12.2 Å². The highest BCUT2D eigenvalue weighted by atomic mass is 16.5. The van der Waals surface area contributed by atoms with Crippen LogP contribution in [-0.4, -0.2) is 22.5 Å². The van der Waals surface area contributed by atoms with Crippen LogP contribution in [0.15, 0.2) is 12.3 Å². The van der Waals surface area contributed by atoms with Crippen molar-refractivity contribution in [3.63, 3.8) is 0 Å². The standard InChI is InChI=1S/C12H14N2O2/c1-4-16-12(15)11-8(3)14-10-5-7(2)13-6-9(10)11/h5-6,14H,4H2,1-3H3. The Hall–Kier alpha value is -1.84. The zero-order chi connectivity index (χ0) is 11.7. The van der Waals surface area contributed by atoms with Crippen molar-refractivity contribution < 1.29 is 9.53 Å². The van der Waals surface area contributed by atoms with E-state index in [1.807, 2.05) is 19.9 Å². The van der Waals surface area contributed by atoms with E-state index in [0.717, 1.165) is 22.3 Å². The Morgan fingerprint density at radius 1 is 1.50 bits per heavy atom. The van der Waals surface area contributed by atoms with Crippen molar-refractivity contribution in [2.45, 2.75) is 20.8 Å². The molecule has 2 heterocycles. The molecule has 0 unspecified atom stereocenters. The lowest BCUT2D eigenvalue weighted by atomic mass is 10.1.